The van der Waals surface area contributed by atoms with Gasteiger partial charge in [0.1, 0.15) is 0 Å². The van der Waals surface area contributed by atoms with Gasteiger partial charge in [0.25, 0.3) is 0 Å². The molecule has 1 aliphatic heterocycles. The highest BCUT2D eigenvalue weighted by atomic mass is 16.5. The van der Waals surface area contributed by atoms with Crippen LogP contribution in [0.2, 0.25) is 0 Å². The zero-order chi connectivity index (χ0) is 14.4. The van der Waals surface area contributed by atoms with Crippen LogP contribution in [0.25, 0.3) is 0 Å². The van der Waals surface area contributed by atoms with Crippen LogP contribution < -0.4 is 5.32 Å². The van der Waals surface area contributed by atoms with Gasteiger partial charge in [0, 0.05) is 18.7 Å². The van der Waals surface area contributed by atoms with Gasteiger partial charge in [0.05, 0.1) is 6.10 Å². The van der Waals surface area contributed by atoms with Gasteiger partial charge in [-0.05, 0) is 31.2 Å². The van der Waals surface area contributed by atoms with Crippen LogP contribution in [0.3, 0.4) is 0 Å². The summed E-state index contributed by atoms with van der Waals surface area (Å²) in [7, 11) is 0. The number of nitrogens with one attached hydrogen (secondary N) is 1. The monoisotopic (exact) mass is 275 g/mol. The van der Waals surface area contributed by atoms with Crippen LogP contribution in [0.4, 0.5) is 0 Å². The lowest BCUT2D eigenvalue weighted by atomic mass is 9.87. The zero-order valence-corrected chi connectivity index (χ0v) is 13.1. The molecule has 1 aromatic rings. The van der Waals surface area contributed by atoms with Crippen molar-refractivity contribution in [2.45, 2.75) is 64.6 Å². The predicted molar refractivity (Wildman–Crippen MR) is 84.8 cm³/mol. The molecule has 20 heavy (non-hydrogen) atoms. The first-order valence-corrected chi connectivity index (χ1v) is 8.17. The summed E-state index contributed by atoms with van der Waals surface area (Å²) in [5.41, 5.74) is 1.43. The topological polar surface area (TPSA) is 21.3 Å². The van der Waals surface area contributed by atoms with E-state index >= 15 is 0 Å². The van der Waals surface area contributed by atoms with Crippen LogP contribution in [-0.4, -0.2) is 18.8 Å². The first-order chi connectivity index (χ1) is 9.74. The van der Waals surface area contributed by atoms with E-state index in [1.807, 2.05) is 0 Å². The van der Waals surface area contributed by atoms with Crippen molar-refractivity contribution in [3.63, 3.8) is 0 Å². The second-order valence-electron chi connectivity index (χ2n) is 6.03. The minimum absolute atomic E-state index is 0.388. The van der Waals surface area contributed by atoms with Crippen LogP contribution in [0.1, 0.15) is 58.1 Å². The van der Waals surface area contributed by atoms with E-state index in [0.29, 0.717) is 24.1 Å². The Morgan fingerprint density at radius 3 is 2.50 bits per heavy atom. The Bertz CT molecular complexity index is 374. The van der Waals surface area contributed by atoms with Crippen LogP contribution in [0.15, 0.2) is 30.3 Å². The highest BCUT2D eigenvalue weighted by molar-refractivity contribution is 5.20. The Hall–Kier alpha value is -0.860. The molecule has 1 N–H and O–H groups in total. The summed E-state index contributed by atoms with van der Waals surface area (Å²) >= 11 is 0. The van der Waals surface area contributed by atoms with Gasteiger partial charge in [0.2, 0.25) is 0 Å². The first-order valence-electron chi connectivity index (χ1n) is 8.17. The highest BCUT2D eigenvalue weighted by Crippen LogP contribution is 2.29. The molecule has 2 rings (SSSR count). The highest BCUT2D eigenvalue weighted by Gasteiger charge is 2.26. The lowest BCUT2D eigenvalue weighted by Crippen LogP contribution is -2.42. The maximum atomic E-state index is 5.67. The minimum atomic E-state index is 0.388. The average Bonchev–Trinajstić information content (AvgIpc) is 2.48. The molecule has 0 aromatic heterocycles. The Labute approximate surface area is 123 Å². The molecule has 3 atom stereocenters. The molecular formula is C18H29NO. The molecule has 0 bridgehead atoms. The molecule has 2 nitrogen and oxygen atoms in total. The van der Waals surface area contributed by atoms with Crippen LogP contribution in [0.5, 0.6) is 0 Å². The van der Waals surface area contributed by atoms with E-state index in [9.17, 15) is 0 Å². The molecule has 0 amide bonds. The SMILES string of the molecule is CCC(CC)C(NC1CCOC(C)C1)c1ccccc1. The lowest BCUT2D eigenvalue weighted by molar-refractivity contribution is 0.00944. The summed E-state index contributed by atoms with van der Waals surface area (Å²) in [6.07, 6.45) is 5.10. The molecule has 1 aliphatic rings. The fourth-order valence-corrected chi connectivity index (χ4v) is 3.33. The second kappa shape index (κ2) is 7.80. The van der Waals surface area contributed by atoms with Gasteiger partial charge < -0.3 is 10.1 Å². The van der Waals surface area contributed by atoms with Gasteiger partial charge in [0.15, 0.2) is 0 Å². The third-order valence-corrected chi connectivity index (χ3v) is 4.58. The second-order valence-corrected chi connectivity index (χ2v) is 6.03. The summed E-state index contributed by atoms with van der Waals surface area (Å²) in [5, 5.41) is 3.92. The van der Waals surface area contributed by atoms with Crippen molar-refractivity contribution in [1.29, 1.82) is 0 Å². The lowest BCUT2D eigenvalue weighted by Gasteiger charge is -2.35. The van der Waals surface area contributed by atoms with Crippen molar-refractivity contribution in [2.75, 3.05) is 6.61 Å². The van der Waals surface area contributed by atoms with E-state index in [1.54, 1.807) is 0 Å². The average molecular weight is 275 g/mol. The quantitative estimate of drug-likeness (QED) is 0.834. The number of hydrogen-bond acceptors (Lipinski definition) is 2. The molecule has 1 fully saturated rings. The molecule has 3 unspecified atom stereocenters. The Morgan fingerprint density at radius 2 is 1.90 bits per heavy atom. The van der Waals surface area contributed by atoms with E-state index in [4.69, 9.17) is 4.74 Å². The maximum Gasteiger partial charge on any atom is 0.0561 e. The summed E-state index contributed by atoms with van der Waals surface area (Å²) in [6, 6.07) is 12.0. The molecule has 0 radical (unpaired) electrons. The molecule has 1 aromatic carbocycles. The molecule has 1 heterocycles. The van der Waals surface area contributed by atoms with Gasteiger partial charge in [-0.25, -0.2) is 0 Å². The largest absolute Gasteiger partial charge is 0.378 e. The van der Waals surface area contributed by atoms with Gasteiger partial charge in [-0.3, -0.25) is 0 Å². The fourth-order valence-electron chi connectivity index (χ4n) is 3.33. The molecular weight excluding hydrogens is 246 g/mol. The number of benzene rings is 1. The maximum absolute atomic E-state index is 5.67. The minimum Gasteiger partial charge on any atom is -0.378 e. The summed E-state index contributed by atoms with van der Waals surface area (Å²) in [6.45, 7) is 7.68. The molecule has 0 saturated carbocycles. The van der Waals surface area contributed by atoms with E-state index in [2.05, 4.69) is 56.4 Å². The van der Waals surface area contributed by atoms with Crippen LogP contribution in [-0.2, 0) is 4.74 Å². The number of hydrogen-bond donors (Lipinski definition) is 1. The van der Waals surface area contributed by atoms with Crippen molar-refractivity contribution >= 4 is 0 Å². The molecule has 0 aliphatic carbocycles. The summed E-state index contributed by atoms with van der Waals surface area (Å²) < 4.78 is 5.67. The smallest absolute Gasteiger partial charge is 0.0561 e. The van der Waals surface area contributed by atoms with E-state index in [1.165, 1.54) is 18.4 Å². The summed E-state index contributed by atoms with van der Waals surface area (Å²) in [4.78, 5) is 0. The normalized spacial score (nSPS) is 24.8. The molecule has 1 saturated heterocycles. The predicted octanol–water partition coefficient (Wildman–Crippen LogP) is 4.32. The first kappa shape index (κ1) is 15.5. The van der Waals surface area contributed by atoms with Crippen molar-refractivity contribution in [2.24, 2.45) is 5.92 Å². The fraction of sp³-hybridized carbons (Fsp3) is 0.667. The third-order valence-electron chi connectivity index (χ3n) is 4.58. The van der Waals surface area contributed by atoms with Gasteiger partial charge >= 0.3 is 0 Å². The standard InChI is InChI=1S/C18H29NO/c1-4-15(5-2)18(16-9-7-6-8-10-16)19-17-11-12-20-14(3)13-17/h6-10,14-15,17-19H,4-5,11-13H2,1-3H3. The Balaban J connectivity index is 2.10. The van der Waals surface area contributed by atoms with Crippen molar-refractivity contribution in [3.8, 4) is 0 Å². The number of rotatable bonds is 6. The van der Waals surface area contributed by atoms with Gasteiger partial charge in [-0.2, -0.15) is 0 Å². The van der Waals surface area contributed by atoms with E-state index < -0.39 is 0 Å². The molecule has 0 spiro atoms. The third kappa shape index (κ3) is 4.07. The van der Waals surface area contributed by atoms with Gasteiger partial charge in [-0.15, -0.1) is 0 Å². The molecule has 112 valence electrons. The van der Waals surface area contributed by atoms with Crippen molar-refractivity contribution < 1.29 is 4.74 Å². The zero-order valence-electron chi connectivity index (χ0n) is 13.1. The molecule has 2 heteroatoms. The van der Waals surface area contributed by atoms with Gasteiger partial charge in [-0.1, -0.05) is 57.0 Å². The van der Waals surface area contributed by atoms with Crippen molar-refractivity contribution in [3.05, 3.63) is 35.9 Å². The summed E-state index contributed by atoms with van der Waals surface area (Å²) in [5.74, 6) is 0.704. The van der Waals surface area contributed by atoms with Crippen LogP contribution >= 0.6 is 0 Å². The van der Waals surface area contributed by atoms with E-state index in [0.717, 1.165) is 19.4 Å². The Kier molecular flexibility index (Phi) is 6.06. The van der Waals surface area contributed by atoms with Crippen molar-refractivity contribution in [1.82, 2.24) is 5.32 Å². The van der Waals surface area contributed by atoms with E-state index in [-0.39, 0.29) is 0 Å². The number of ether oxygens (including phenoxy) is 1. The van der Waals surface area contributed by atoms with Crippen LogP contribution in [0, 0.1) is 5.92 Å². The Morgan fingerprint density at radius 1 is 1.20 bits per heavy atom.